The maximum atomic E-state index is 15.8. The van der Waals surface area contributed by atoms with Crippen LogP contribution in [-0.4, -0.2) is 42.8 Å². The van der Waals surface area contributed by atoms with E-state index in [1.165, 1.54) is 36.4 Å². The first kappa shape index (κ1) is 31.3. The number of halogens is 4. The lowest BCUT2D eigenvalue weighted by molar-refractivity contribution is -0.129. The molecule has 3 rings (SSSR count). The normalized spacial score (nSPS) is 17.5. The lowest BCUT2D eigenvalue weighted by Crippen LogP contribution is -2.51. The van der Waals surface area contributed by atoms with Gasteiger partial charge in [0.25, 0.3) is 0 Å². The van der Waals surface area contributed by atoms with Gasteiger partial charge in [0.05, 0.1) is 6.04 Å². The first-order valence-electron chi connectivity index (χ1n) is 12.8. The number of nitrogens with one attached hydrogen (secondary N) is 3. The molecule has 4 atom stereocenters. The second kappa shape index (κ2) is 13.9. The predicted molar refractivity (Wildman–Crippen MR) is 146 cm³/mol. The molecule has 8 nitrogen and oxygen atoms in total. The Labute approximate surface area is 241 Å². The number of carbonyl (C=O) groups is 4. The van der Waals surface area contributed by atoms with Crippen LogP contribution in [0.25, 0.3) is 0 Å². The summed E-state index contributed by atoms with van der Waals surface area (Å²) >= 11 is 12.0. The van der Waals surface area contributed by atoms with Crippen molar-refractivity contribution in [2.24, 2.45) is 11.8 Å². The molecule has 216 valence electrons. The van der Waals surface area contributed by atoms with Gasteiger partial charge in [-0.2, -0.15) is 8.78 Å². The van der Waals surface area contributed by atoms with Gasteiger partial charge in [0.1, 0.15) is 12.3 Å². The first-order chi connectivity index (χ1) is 18.9. The van der Waals surface area contributed by atoms with E-state index in [4.69, 9.17) is 27.9 Å². The van der Waals surface area contributed by atoms with Gasteiger partial charge < -0.3 is 25.5 Å². The smallest absolute Gasteiger partial charge is 0.408 e. The Bertz CT molecular complexity index is 1230. The molecule has 3 N–H and O–H groups in total. The molecule has 12 heteroatoms. The van der Waals surface area contributed by atoms with Crippen molar-refractivity contribution in [3.8, 4) is 0 Å². The highest BCUT2D eigenvalue weighted by Crippen LogP contribution is 2.44. The van der Waals surface area contributed by atoms with E-state index in [0.29, 0.717) is 19.3 Å². The van der Waals surface area contributed by atoms with Crippen molar-refractivity contribution >= 4 is 47.4 Å². The van der Waals surface area contributed by atoms with Crippen molar-refractivity contribution in [2.75, 3.05) is 6.54 Å². The van der Waals surface area contributed by atoms with Gasteiger partial charge in [0, 0.05) is 33.6 Å². The van der Waals surface area contributed by atoms with Gasteiger partial charge >= 0.3 is 12.0 Å². The van der Waals surface area contributed by atoms with E-state index >= 15 is 8.78 Å². The van der Waals surface area contributed by atoms with Gasteiger partial charge in [0.15, 0.2) is 6.10 Å². The Morgan fingerprint density at radius 1 is 1.12 bits per heavy atom. The van der Waals surface area contributed by atoms with Gasteiger partial charge in [0.2, 0.25) is 11.8 Å². The first-order valence-corrected chi connectivity index (χ1v) is 13.6. The summed E-state index contributed by atoms with van der Waals surface area (Å²) in [6.07, 6.45) is -2.10. The molecular weight excluding hydrogens is 567 g/mol. The number of aldehydes is 1. The van der Waals surface area contributed by atoms with Gasteiger partial charge in [-0.1, -0.05) is 61.3 Å². The molecule has 0 aliphatic carbocycles. The van der Waals surface area contributed by atoms with Crippen LogP contribution in [0.3, 0.4) is 0 Å². The average Bonchev–Trinajstić information content (AvgIpc) is 3.30. The Morgan fingerprint density at radius 3 is 2.38 bits per heavy atom. The van der Waals surface area contributed by atoms with E-state index in [0.717, 1.165) is 12.1 Å². The number of hydrogen-bond acceptors (Lipinski definition) is 5. The van der Waals surface area contributed by atoms with Crippen molar-refractivity contribution in [2.45, 2.75) is 57.2 Å². The van der Waals surface area contributed by atoms with E-state index < -0.39 is 47.6 Å². The van der Waals surface area contributed by atoms with Crippen LogP contribution in [0.5, 0.6) is 0 Å². The van der Waals surface area contributed by atoms with Crippen molar-refractivity contribution in [3.05, 3.63) is 69.7 Å². The number of hydrogen-bond donors (Lipinski definition) is 3. The van der Waals surface area contributed by atoms with Crippen molar-refractivity contribution in [1.82, 2.24) is 16.0 Å². The molecule has 1 aliphatic rings. The minimum atomic E-state index is -3.73. The Hall–Kier alpha value is -3.24. The SMILES string of the molecule is CC(C)C[C@H](NC(=O)OC(c1cccc(Cl)c1)C(F)(F)c1cccc(Cl)c1)C(=O)N[C@H](C=O)C[C@@H]1CCNC1=O. The van der Waals surface area contributed by atoms with Gasteiger partial charge in [-0.15, -0.1) is 0 Å². The molecule has 0 saturated carbocycles. The second-order valence-electron chi connectivity index (χ2n) is 10.1. The number of benzene rings is 2. The van der Waals surface area contributed by atoms with E-state index in [2.05, 4.69) is 16.0 Å². The van der Waals surface area contributed by atoms with E-state index in [9.17, 15) is 19.2 Å². The molecule has 40 heavy (non-hydrogen) atoms. The highest BCUT2D eigenvalue weighted by atomic mass is 35.5. The predicted octanol–water partition coefficient (Wildman–Crippen LogP) is 5.18. The zero-order valence-corrected chi connectivity index (χ0v) is 23.5. The molecule has 2 aromatic carbocycles. The van der Waals surface area contributed by atoms with Crippen molar-refractivity contribution in [1.29, 1.82) is 0 Å². The summed E-state index contributed by atoms with van der Waals surface area (Å²) in [5.41, 5.74) is -0.563. The minimum Gasteiger partial charge on any atom is -0.434 e. The third-order valence-corrected chi connectivity index (χ3v) is 6.89. The standard InChI is InChI=1S/C28H31Cl2F2N3O5/c1-16(2)11-23(26(38)34-22(15-36)13-18-9-10-33-25(18)37)35-27(39)40-24(17-5-3-7-20(29)12-17)28(31,32)19-6-4-8-21(30)14-19/h3-8,12,14-16,18,22-24H,9-11,13H2,1-2H3,(H,33,37)(H,34,38)(H,35,39)/t18-,22-,23-,24?/m0/s1. The van der Waals surface area contributed by atoms with E-state index in [1.54, 1.807) is 13.8 Å². The molecule has 1 heterocycles. The molecule has 1 aliphatic heterocycles. The maximum Gasteiger partial charge on any atom is 0.408 e. The van der Waals surface area contributed by atoms with Gasteiger partial charge in [-0.05, 0) is 49.4 Å². The highest BCUT2D eigenvalue weighted by Gasteiger charge is 2.46. The number of rotatable bonds is 12. The number of amides is 3. The minimum absolute atomic E-state index is 0.0694. The molecule has 2 aromatic rings. The number of alkyl carbamates (subject to hydrolysis) is 1. The molecule has 0 bridgehead atoms. The van der Waals surface area contributed by atoms with Crippen LogP contribution in [-0.2, 0) is 25.0 Å². The van der Waals surface area contributed by atoms with Crippen LogP contribution in [0.1, 0.15) is 50.3 Å². The number of carbonyl (C=O) groups excluding carboxylic acids is 4. The summed E-state index contributed by atoms with van der Waals surface area (Å²) in [6.45, 7) is 4.09. The zero-order chi connectivity index (χ0) is 29.4. The lowest BCUT2D eigenvalue weighted by Gasteiger charge is -2.29. The van der Waals surface area contributed by atoms with E-state index in [1.807, 2.05) is 0 Å². The molecule has 1 saturated heterocycles. The summed E-state index contributed by atoms with van der Waals surface area (Å²) in [7, 11) is 0. The van der Waals surface area contributed by atoms with Crippen LogP contribution < -0.4 is 16.0 Å². The fourth-order valence-electron chi connectivity index (χ4n) is 4.46. The third-order valence-electron chi connectivity index (χ3n) is 6.42. The molecule has 0 aromatic heterocycles. The highest BCUT2D eigenvalue weighted by molar-refractivity contribution is 6.30. The topological polar surface area (TPSA) is 114 Å². The molecule has 0 spiro atoms. The molecule has 0 radical (unpaired) electrons. The quantitative estimate of drug-likeness (QED) is 0.292. The number of alkyl halides is 2. The second-order valence-corrected chi connectivity index (χ2v) is 10.9. The van der Waals surface area contributed by atoms with Crippen molar-refractivity contribution < 1.29 is 32.7 Å². The van der Waals surface area contributed by atoms with E-state index in [-0.39, 0.29) is 40.3 Å². The third kappa shape index (κ3) is 8.38. The Balaban J connectivity index is 1.80. The van der Waals surface area contributed by atoms with Crippen molar-refractivity contribution in [3.63, 3.8) is 0 Å². The summed E-state index contributed by atoms with van der Waals surface area (Å²) in [5, 5.41) is 7.81. The lowest BCUT2D eigenvalue weighted by atomic mass is 9.97. The Kier molecular flexibility index (Phi) is 10.9. The van der Waals surface area contributed by atoms with Crippen LogP contribution in [0.15, 0.2) is 48.5 Å². The fourth-order valence-corrected chi connectivity index (χ4v) is 4.85. The summed E-state index contributed by atoms with van der Waals surface area (Å²) in [5.74, 6) is -5.16. The molecule has 1 fully saturated rings. The van der Waals surface area contributed by atoms with Crippen LogP contribution in [0, 0.1) is 11.8 Å². The van der Waals surface area contributed by atoms with Gasteiger partial charge in [-0.3, -0.25) is 9.59 Å². The zero-order valence-electron chi connectivity index (χ0n) is 22.0. The monoisotopic (exact) mass is 597 g/mol. The summed E-state index contributed by atoms with van der Waals surface area (Å²) in [4.78, 5) is 49.6. The van der Waals surface area contributed by atoms with Crippen LogP contribution in [0.4, 0.5) is 13.6 Å². The average molecular weight is 598 g/mol. The largest absolute Gasteiger partial charge is 0.434 e. The molecule has 3 amide bonds. The molecular formula is C28H31Cl2F2N3O5. The summed E-state index contributed by atoms with van der Waals surface area (Å²) in [6, 6.07) is 8.36. The number of ether oxygens (including phenoxy) is 1. The van der Waals surface area contributed by atoms with Crippen LogP contribution in [0.2, 0.25) is 10.0 Å². The maximum absolute atomic E-state index is 15.8. The summed E-state index contributed by atoms with van der Waals surface area (Å²) < 4.78 is 36.8. The van der Waals surface area contributed by atoms with Gasteiger partial charge in [-0.25, -0.2) is 4.79 Å². The van der Waals surface area contributed by atoms with Crippen LogP contribution >= 0.6 is 23.2 Å². The molecule has 1 unspecified atom stereocenters. The Morgan fingerprint density at radius 2 is 1.80 bits per heavy atom. The fraction of sp³-hybridized carbons (Fsp3) is 0.429.